The van der Waals surface area contributed by atoms with Crippen LogP contribution in [-0.4, -0.2) is 47.1 Å². The first-order chi connectivity index (χ1) is 9.65. The smallest absolute Gasteiger partial charge is 0.140 e. The fraction of sp³-hybridized carbons (Fsp3) is 0.500. The van der Waals surface area contributed by atoms with Gasteiger partial charge < -0.3 is 4.90 Å². The number of aromatic nitrogens is 2. The molecule has 106 valence electrons. The maximum Gasteiger partial charge on any atom is 0.140 e. The Kier molecular flexibility index (Phi) is 3.57. The van der Waals surface area contributed by atoms with Crippen molar-refractivity contribution in [1.29, 1.82) is 0 Å². The summed E-state index contributed by atoms with van der Waals surface area (Å²) in [5, 5.41) is 1.16. The molecule has 0 bridgehead atoms. The molecule has 0 N–H and O–H groups in total. The van der Waals surface area contributed by atoms with Gasteiger partial charge in [0.25, 0.3) is 0 Å². The molecule has 0 radical (unpaired) electrons. The van der Waals surface area contributed by atoms with E-state index in [-0.39, 0.29) is 0 Å². The maximum atomic E-state index is 4.69. The van der Waals surface area contributed by atoms with Crippen molar-refractivity contribution < 1.29 is 0 Å². The van der Waals surface area contributed by atoms with E-state index in [0.29, 0.717) is 6.04 Å². The number of aryl methyl sites for hydroxylation is 1. The third-order valence-electron chi connectivity index (χ3n) is 4.04. The lowest BCUT2D eigenvalue weighted by Gasteiger charge is -2.37. The van der Waals surface area contributed by atoms with Gasteiger partial charge in [-0.25, -0.2) is 9.97 Å². The first kappa shape index (κ1) is 13.3. The molecule has 4 heteroatoms. The summed E-state index contributed by atoms with van der Waals surface area (Å²) in [7, 11) is 0. The lowest BCUT2D eigenvalue weighted by atomic mass is 10.2. The van der Waals surface area contributed by atoms with E-state index in [1.54, 1.807) is 0 Å². The zero-order valence-electron chi connectivity index (χ0n) is 12.5. The Morgan fingerprint density at radius 1 is 1.00 bits per heavy atom. The number of hydrogen-bond donors (Lipinski definition) is 0. The molecule has 1 fully saturated rings. The molecule has 2 heterocycles. The number of fused-ring (bicyclic) bond motifs is 1. The van der Waals surface area contributed by atoms with Gasteiger partial charge in [-0.1, -0.05) is 12.1 Å². The summed E-state index contributed by atoms with van der Waals surface area (Å²) < 4.78 is 0. The molecule has 1 aliphatic heterocycles. The van der Waals surface area contributed by atoms with E-state index < -0.39 is 0 Å². The van der Waals surface area contributed by atoms with Gasteiger partial charge in [-0.2, -0.15) is 0 Å². The molecule has 0 saturated carbocycles. The molecule has 2 aromatic rings. The molecule has 4 nitrogen and oxygen atoms in total. The lowest BCUT2D eigenvalue weighted by molar-refractivity contribution is 0.209. The Morgan fingerprint density at radius 2 is 1.70 bits per heavy atom. The second-order valence-electron chi connectivity index (χ2n) is 5.73. The SMILES string of the molecule is Cc1nc(N2CCN(C(C)C)CC2)c2ccccc2n1. The van der Waals surface area contributed by atoms with Crippen LogP contribution in [0.1, 0.15) is 19.7 Å². The van der Waals surface area contributed by atoms with Gasteiger partial charge in [-0.3, -0.25) is 4.90 Å². The molecule has 1 aromatic heterocycles. The third kappa shape index (κ3) is 2.48. The van der Waals surface area contributed by atoms with E-state index in [0.717, 1.165) is 48.7 Å². The monoisotopic (exact) mass is 270 g/mol. The number of anilines is 1. The van der Waals surface area contributed by atoms with Gasteiger partial charge in [0.2, 0.25) is 0 Å². The van der Waals surface area contributed by atoms with Crippen LogP contribution < -0.4 is 4.90 Å². The highest BCUT2D eigenvalue weighted by Crippen LogP contribution is 2.24. The van der Waals surface area contributed by atoms with Gasteiger partial charge in [0.15, 0.2) is 0 Å². The summed E-state index contributed by atoms with van der Waals surface area (Å²) in [6.45, 7) is 10.8. The Hall–Kier alpha value is -1.68. The third-order valence-corrected chi connectivity index (χ3v) is 4.04. The standard InChI is InChI=1S/C16H22N4/c1-12(2)19-8-10-20(11-9-19)16-14-6-4-5-7-15(14)17-13(3)18-16/h4-7,12H,8-11H2,1-3H3. The quantitative estimate of drug-likeness (QED) is 0.839. The molecular formula is C16H22N4. The molecule has 1 aliphatic rings. The topological polar surface area (TPSA) is 32.3 Å². The van der Waals surface area contributed by atoms with E-state index >= 15 is 0 Å². The van der Waals surface area contributed by atoms with Gasteiger partial charge in [0, 0.05) is 37.6 Å². The van der Waals surface area contributed by atoms with Crippen molar-refractivity contribution >= 4 is 16.7 Å². The van der Waals surface area contributed by atoms with Crippen LogP contribution in [0.15, 0.2) is 24.3 Å². The lowest BCUT2D eigenvalue weighted by Crippen LogP contribution is -2.49. The molecule has 20 heavy (non-hydrogen) atoms. The van der Waals surface area contributed by atoms with E-state index in [1.165, 1.54) is 0 Å². The Labute approximate surface area is 120 Å². The van der Waals surface area contributed by atoms with Crippen LogP contribution in [0.5, 0.6) is 0 Å². The molecule has 0 atom stereocenters. The molecule has 0 amide bonds. The summed E-state index contributed by atoms with van der Waals surface area (Å²) in [5.74, 6) is 1.95. The summed E-state index contributed by atoms with van der Waals surface area (Å²) in [6.07, 6.45) is 0. The van der Waals surface area contributed by atoms with E-state index in [1.807, 2.05) is 13.0 Å². The van der Waals surface area contributed by atoms with Gasteiger partial charge in [-0.15, -0.1) is 0 Å². The van der Waals surface area contributed by atoms with Crippen LogP contribution in [0.3, 0.4) is 0 Å². The first-order valence-electron chi connectivity index (χ1n) is 7.37. The van der Waals surface area contributed by atoms with Crippen molar-refractivity contribution in [3.8, 4) is 0 Å². The van der Waals surface area contributed by atoms with E-state index in [4.69, 9.17) is 4.98 Å². The van der Waals surface area contributed by atoms with Crippen LogP contribution in [0.4, 0.5) is 5.82 Å². The second kappa shape index (κ2) is 5.37. The predicted molar refractivity (Wildman–Crippen MR) is 83.2 cm³/mol. The fourth-order valence-corrected chi connectivity index (χ4v) is 2.86. The summed E-state index contributed by atoms with van der Waals surface area (Å²) in [4.78, 5) is 14.1. The van der Waals surface area contributed by atoms with Crippen molar-refractivity contribution in [2.75, 3.05) is 31.1 Å². The van der Waals surface area contributed by atoms with E-state index in [2.05, 4.69) is 46.8 Å². The number of benzene rings is 1. The van der Waals surface area contributed by atoms with Gasteiger partial charge in [-0.05, 0) is 32.9 Å². The molecular weight excluding hydrogens is 248 g/mol. The number of hydrogen-bond acceptors (Lipinski definition) is 4. The Morgan fingerprint density at radius 3 is 2.40 bits per heavy atom. The maximum absolute atomic E-state index is 4.69. The first-order valence-corrected chi connectivity index (χ1v) is 7.37. The van der Waals surface area contributed by atoms with Crippen molar-refractivity contribution in [2.45, 2.75) is 26.8 Å². The number of para-hydroxylation sites is 1. The number of piperazine rings is 1. The van der Waals surface area contributed by atoms with E-state index in [9.17, 15) is 0 Å². The minimum Gasteiger partial charge on any atom is -0.353 e. The minimum atomic E-state index is 0.626. The van der Waals surface area contributed by atoms with Gasteiger partial charge in [0.05, 0.1) is 5.52 Å². The van der Waals surface area contributed by atoms with Crippen molar-refractivity contribution in [3.05, 3.63) is 30.1 Å². The van der Waals surface area contributed by atoms with Crippen molar-refractivity contribution in [1.82, 2.24) is 14.9 Å². The predicted octanol–water partition coefficient (Wildman–Crippen LogP) is 2.47. The van der Waals surface area contributed by atoms with Gasteiger partial charge in [0.1, 0.15) is 11.6 Å². The highest BCUT2D eigenvalue weighted by atomic mass is 15.3. The highest BCUT2D eigenvalue weighted by Gasteiger charge is 2.21. The summed E-state index contributed by atoms with van der Waals surface area (Å²) in [5.41, 5.74) is 1.04. The fourth-order valence-electron chi connectivity index (χ4n) is 2.86. The molecule has 0 unspecified atom stereocenters. The zero-order chi connectivity index (χ0) is 14.1. The number of rotatable bonds is 2. The molecule has 0 aliphatic carbocycles. The summed E-state index contributed by atoms with van der Waals surface area (Å²) in [6, 6.07) is 8.92. The van der Waals surface area contributed by atoms with Crippen LogP contribution >= 0.6 is 0 Å². The van der Waals surface area contributed by atoms with Crippen LogP contribution in [0.25, 0.3) is 10.9 Å². The van der Waals surface area contributed by atoms with Crippen molar-refractivity contribution in [3.63, 3.8) is 0 Å². The van der Waals surface area contributed by atoms with Crippen LogP contribution in [-0.2, 0) is 0 Å². The molecule has 1 saturated heterocycles. The molecule has 1 aromatic carbocycles. The Bertz CT molecular complexity index is 600. The Balaban J connectivity index is 1.91. The number of nitrogens with zero attached hydrogens (tertiary/aromatic N) is 4. The summed E-state index contributed by atoms with van der Waals surface area (Å²) >= 11 is 0. The normalized spacial score (nSPS) is 17.1. The molecule has 0 spiro atoms. The zero-order valence-corrected chi connectivity index (χ0v) is 12.5. The van der Waals surface area contributed by atoms with Crippen LogP contribution in [0, 0.1) is 6.92 Å². The average Bonchev–Trinajstić information content (AvgIpc) is 2.46. The molecule has 3 rings (SSSR count). The minimum absolute atomic E-state index is 0.626. The van der Waals surface area contributed by atoms with Crippen LogP contribution in [0.2, 0.25) is 0 Å². The largest absolute Gasteiger partial charge is 0.353 e. The highest BCUT2D eigenvalue weighted by molar-refractivity contribution is 5.89. The van der Waals surface area contributed by atoms with Crippen molar-refractivity contribution in [2.24, 2.45) is 0 Å². The average molecular weight is 270 g/mol. The second-order valence-corrected chi connectivity index (χ2v) is 5.73. The van der Waals surface area contributed by atoms with Gasteiger partial charge >= 0.3 is 0 Å².